The average Bonchev–Trinajstić information content (AvgIpc) is 3.37. The molecule has 0 aliphatic carbocycles. The zero-order chi connectivity index (χ0) is 19.3. The van der Waals surface area contributed by atoms with Crippen LogP contribution in [0.3, 0.4) is 0 Å². The average molecular weight is 379 g/mol. The Labute approximate surface area is 161 Å². The molecule has 1 aliphatic heterocycles. The fourth-order valence-electron chi connectivity index (χ4n) is 3.15. The Balaban J connectivity index is 1.32. The van der Waals surface area contributed by atoms with Crippen LogP contribution >= 0.6 is 0 Å². The zero-order valence-corrected chi connectivity index (χ0v) is 15.2. The van der Waals surface area contributed by atoms with Crippen LogP contribution in [-0.2, 0) is 4.74 Å². The molecule has 2 heterocycles. The molecule has 0 saturated carbocycles. The van der Waals surface area contributed by atoms with Crippen molar-refractivity contribution in [2.45, 2.75) is 18.9 Å². The number of amides is 3. The van der Waals surface area contributed by atoms with Crippen LogP contribution in [0.25, 0.3) is 10.9 Å². The highest BCUT2D eigenvalue weighted by atomic mass is 16.5. The van der Waals surface area contributed by atoms with Crippen molar-refractivity contribution in [3.63, 3.8) is 0 Å². The monoisotopic (exact) mass is 379 g/mol. The highest BCUT2D eigenvalue weighted by Crippen LogP contribution is 2.18. The van der Waals surface area contributed by atoms with E-state index >= 15 is 0 Å². The number of urea groups is 1. The predicted molar refractivity (Wildman–Crippen MR) is 106 cm³/mol. The number of H-pyrrole nitrogens is 1. The molecule has 1 aliphatic rings. The molecule has 8 heteroatoms. The van der Waals surface area contributed by atoms with E-state index in [4.69, 9.17) is 4.74 Å². The summed E-state index contributed by atoms with van der Waals surface area (Å²) in [6.07, 6.45) is 2.11. The van der Waals surface area contributed by atoms with Crippen LogP contribution in [0.2, 0.25) is 0 Å². The van der Waals surface area contributed by atoms with Crippen LogP contribution in [0.15, 0.2) is 48.5 Å². The van der Waals surface area contributed by atoms with Crippen molar-refractivity contribution in [1.29, 1.82) is 0 Å². The third-order valence-electron chi connectivity index (χ3n) is 4.60. The SMILES string of the molecule is O=C(NC[C@H]1CCCO1)Nc1ccc(NC(=O)c2n[nH]c3ccccc23)cc1. The van der Waals surface area contributed by atoms with E-state index in [9.17, 15) is 9.59 Å². The highest BCUT2D eigenvalue weighted by Gasteiger charge is 2.16. The number of carbonyl (C=O) groups is 2. The largest absolute Gasteiger partial charge is 0.376 e. The lowest BCUT2D eigenvalue weighted by molar-refractivity contribution is 0.102. The number of aromatic amines is 1. The van der Waals surface area contributed by atoms with Gasteiger partial charge in [0.05, 0.1) is 11.6 Å². The Morgan fingerprint density at radius 2 is 1.82 bits per heavy atom. The summed E-state index contributed by atoms with van der Waals surface area (Å²) in [7, 11) is 0. The van der Waals surface area contributed by atoms with Crippen LogP contribution in [0.4, 0.5) is 16.2 Å². The first kappa shape index (κ1) is 18.0. The molecule has 1 fully saturated rings. The molecule has 1 aromatic heterocycles. The molecule has 28 heavy (non-hydrogen) atoms. The predicted octanol–water partition coefficient (Wildman–Crippen LogP) is 3.12. The summed E-state index contributed by atoms with van der Waals surface area (Å²) in [5, 5.41) is 16.1. The summed E-state index contributed by atoms with van der Waals surface area (Å²) in [6.45, 7) is 1.26. The normalized spacial score (nSPS) is 16.1. The maximum atomic E-state index is 12.5. The minimum atomic E-state index is -0.299. The Kier molecular flexibility index (Phi) is 5.20. The number of carbonyl (C=O) groups excluding carboxylic acids is 2. The number of para-hydroxylation sites is 1. The minimum Gasteiger partial charge on any atom is -0.376 e. The zero-order valence-electron chi connectivity index (χ0n) is 15.2. The van der Waals surface area contributed by atoms with E-state index in [0.717, 1.165) is 30.4 Å². The lowest BCUT2D eigenvalue weighted by Crippen LogP contribution is -2.35. The van der Waals surface area contributed by atoms with Crippen molar-refractivity contribution in [2.75, 3.05) is 23.8 Å². The van der Waals surface area contributed by atoms with Gasteiger partial charge >= 0.3 is 6.03 Å². The number of aromatic nitrogens is 2. The van der Waals surface area contributed by atoms with Crippen LogP contribution in [-0.4, -0.2) is 41.4 Å². The van der Waals surface area contributed by atoms with Gasteiger partial charge in [-0.2, -0.15) is 5.10 Å². The first-order chi connectivity index (χ1) is 13.7. The van der Waals surface area contributed by atoms with E-state index < -0.39 is 0 Å². The molecule has 4 N–H and O–H groups in total. The van der Waals surface area contributed by atoms with Gasteiger partial charge in [0.15, 0.2) is 5.69 Å². The molecule has 3 aromatic rings. The molecular formula is C20H21N5O3. The van der Waals surface area contributed by atoms with E-state index in [-0.39, 0.29) is 18.0 Å². The number of nitrogens with zero attached hydrogens (tertiary/aromatic N) is 1. The molecule has 1 atom stereocenters. The lowest BCUT2D eigenvalue weighted by Gasteiger charge is -2.12. The number of fused-ring (bicyclic) bond motifs is 1. The van der Waals surface area contributed by atoms with E-state index in [0.29, 0.717) is 23.6 Å². The summed E-state index contributed by atoms with van der Waals surface area (Å²) in [5.41, 5.74) is 2.39. The number of anilines is 2. The Bertz CT molecular complexity index is 977. The third kappa shape index (κ3) is 4.12. The van der Waals surface area contributed by atoms with Crippen molar-refractivity contribution < 1.29 is 14.3 Å². The summed E-state index contributed by atoms with van der Waals surface area (Å²) in [5.74, 6) is -0.299. The quantitative estimate of drug-likeness (QED) is 0.546. The van der Waals surface area contributed by atoms with Crippen LogP contribution in [0.5, 0.6) is 0 Å². The maximum absolute atomic E-state index is 12.5. The second kappa shape index (κ2) is 8.10. The molecule has 4 rings (SSSR count). The molecule has 2 aromatic carbocycles. The van der Waals surface area contributed by atoms with Crippen molar-refractivity contribution in [2.24, 2.45) is 0 Å². The summed E-state index contributed by atoms with van der Waals surface area (Å²) >= 11 is 0. The van der Waals surface area contributed by atoms with E-state index in [2.05, 4.69) is 26.1 Å². The molecule has 144 valence electrons. The van der Waals surface area contributed by atoms with Crippen LogP contribution in [0, 0.1) is 0 Å². The number of nitrogens with one attached hydrogen (secondary N) is 4. The minimum absolute atomic E-state index is 0.0986. The first-order valence-corrected chi connectivity index (χ1v) is 9.20. The number of ether oxygens (including phenoxy) is 1. The molecule has 0 spiro atoms. The van der Waals surface area contributed by atoms with Gasteiger partial charge < -0.3 is 20.7 Å². The molecular weight excluding hydrogens is 358 g/mol. The van der Waals surface area contributed by atoms with Crippen molar-refractivity contribution in [3.05, 3.63) is 54.2 Å². The number of rotatable bonds is 5. The first-order valence-electron chi connectivity index (χ1n) is 9.20. The summed E-state index contributed by atoms with van der Waals surface area (Å²) in [4.78, 5) is 24.4. The Morgan fingerprint density at radius 1 is 1.07 bits per heavy atom. The number of hydrogen-bond acceptors (Lipinski definition) is 4. The topological polar surface area (TPSA) is 108 Å². The fraction of sp³-hybridized carbons (Fsp3) is 0.250. The molecule has 3 amide bonds. The summed E-state index contributed by atoms with van der Waals surface area (Å²) < 4.78 is 5.47. The van der Waals surface area contributed by atoms with Crippen LogP contribution in [0.1, 0.15) is 23.3 Å². The molecule has 1 saturated heterocycles. The standard InChI is InChI=1S/C20H21N5O3/c26-19(18-16-5-1-2-6-17(16)24-25-18)22-13-7-9-14(10-8-13)23-20(27)21-12-15-4-3-11-28-15/h1-2,5-10,15H,3-4,11-12H2,(H,22,26)(H,24,25)(H2,21,23,27)/t15-/m1/s1. The number of hydrogen-bond donors (Lipinski definition) is 4. The van der Waals surface area contributed by atoms with Gasteiger partial charge in [-0.3, -0.25) is 9.89 Å². The van der Waals surface area contributed by atoms with Crippen LogP contribution < -0.4 is 16.0 Å². The number of benzene rings is 2. The second-order valence-corrected chi connectivity index (χ2v) is 6.62. The van der Waals surface area contributed by atoms with Gasteiger partial charge in [-0.1, -0.05) is 18.2 Å². The smallest absolute Gasteiger partial charge is 0.319 e. The summed E-state index contributed by atoms with van der Waals surface area (Å²) in [6, 6.07) is 14.1. The van der Waals surface area contributed by atoms with E-state index in [1.165, 1.54) is 0 Å². The molecule has 0 radical (unpaired) electrons. The fourth-order valence-corrected chi connectivity index (χ4v) is 3.15. The third-order valence-corrected chi connectivity index (χ3v) is 4.60. The highest BCUT2D eigenvalue weighted by molar-refractivity contribution is 6.11. The van der Waals surface area contributed by atoms with E-state index in [1.807, 2.05) is 24.3 Å². The van der Waals surface area contributed by atoms with Crippen molar-refractivity contribution in [1.82, 2.24) is 15.5 Å². The van der Waals surface area contributed by atoms with Gasteiger partial charge in [-0.05, 0) is 43.2 Å². The van der Waals surface area contributed by atoms with Gasteiger partial charge in [0.1, 0.15) is 0 Å². The van der Waals surface area contributed by atoms with Gasteiger partial charge in [0.25, 0.3) is 5.91 Å². The van der Waals surface area contributed by atoms with Gasteiger partial charge in [-0.25, -0.2) is 4.79 Å². The van der Waals surface area contributed by atoms with Crippen molar-refractivity contribution >= 4 is 34.2 Å². The molecule has 0 bridgehead atoms. The Hall–Kier alpha value is -3.39. The van der Waals surface area contributed by atoms with Crippen molar-refractivity contribution in [3.8, 4) is 0 Å². The van der Waals surface area contributed by atoms with Gasteiger partial charge in [0.2, 0.25) is 0 Å². The lowest BCUT2D eigenvalue weighted by atomic mass is 10.2. The van der Waals surface area contributed by atoms with Gasteiger partial charge in [-0.15, -0.1) is 0 Å². The van der Waals surface area contributed by atoms with Gasteiger partial charge in [0, 0.05) is 29.9 Å². The molecule has 0 unspecified atom stereocenters. The van der Waals surface area contributed by atoms with E-state index in [1.54, 1.807) is 24.3 Å². The second-order valence-electron chi connectivity index (χ2n) is 6.62. The maximum Gasteiger partial charge on any atom is 0.319 e. The Morgan fingerprint density at radius 3 is 2.57 bits per heavy atom. The molecule has 8 nitrogen and oxygen atoms in total.